The fourth-order valence-corrected chi connectivity index (χ4v) is 2.20. The van der Waals surface area contributed by atoms with E-state index in [1.165, 1.54) is 24.4 Å². The van der Waals surface area contributed by atoms with Gasteiger partial charge in [0.15, 0.2) is 0 Å². The summed E-state index contributed by atoms with van der Waals surface area (Å²) in [6.07, 6.45) is 1.48. The topological polar surface area (TPSA) is 77.8 Å². The summed E-state index contributed by atoms with van der Waals surface area (Å²) in [6.45, 7) is 0. The lowest BCUT2D eigenvalue weighted by Gasteiger charge is -2.09. The minimum Gasteiger partial charge on any atom is -0.353 e. The lowest BCUT2D eigenvalue weighted by Crippen LogP contribution is -2.14. The Bertz CT molecular complexity index is 948. The number of nitrogens with one attached hydrogen (secondary N) is 2. The number of aromatic nitrogens is 1. The first-order valence-electron chi connectivity index (χ1n) is 7.45. The molecule has 0 unspecified atom stereocenters. The predicted molar refractivity (Wildman–Crippen MR) is 93.0 cm³/mol. The van der Waals surface area contributed by atoms with Crippen LogP contribution in [0.15, 0.2) is 66.9 Å². The number of carbonyl (C=O) groups is 1. The standard InChI is InChI=1S/C19H13FN4O/c20-15-6-2-4-8-17(15)24-19(25)18-10-9-14(12-22-18)23-16-7-3-1-5-13(16)11-21/h1-10,12,23H,(H,24,25). The Morgan fingerprint density at radius 1 is 1.00 bits per heavy atom. The van der Waals surface area contributed by atoms with E-state index in [2.05, 4.69) is 21.7 Å². The van der Waals surface area contributed by atoms with E-state index in [4.69, 9.17) is 5.26 Å². The highest BCUT2D eigenvalue weighted by Crippen LogP contribution is 2.20. The Morgan fingerprint density at radius 2 is 1.72 bits per heavy atom. The van der Waals surface area contributed by atoms with Crippen molar-refractivity contribution in [2.75, 3.05) is 10.6 Å². The van der Waals surface area contributed by atoms with Gasteiger partial charge in [-0.25, -0.2) is 9.37 Å². The van der Waals surface area contributed by atoms with Gasteiger partial charge in [0.05, 0.1) is 28.8 Å². The monoisotopic (exact) mass is 332 g/mol. The van der Waals surface area contributed by atoms with E-state index in [0.29, 0.717) is 16.9 Å². The second-order valence-electron chi connectivity index (χ2n) is 5.15. The molecular formula is C19H13FN4O. The van der Waals surface area contributed by atoms with Gasteiger partial charge in [-0.2, -0.15) is 5.26 Å². The zero-order valence-electron chi connectivity index (χ0n) is 13.0. The summed E-state index contributed by atoms with van der Waals surface area (Å²) >= 11 is 0. The molecule has 0 aliphatic carbocycles. The number of benzene rings is 2. The van der Waals surface area contributed by atoms with E-state index in [0.717, 1.165) is 0 Å². The van der Waals surface area contributed by atoms with E-state index in [-0.39, 0.29) is 11.4 Å². The third kappa shape index (κ3) is 3.79. The highest BCUT2D eigenvalue weighted by molar-refractivity contribution is 6.03. The molecule has 0 aliphatic rings. The summed E-state index contributed by atoms with van der Waals surface area (Å²) in [4.78, 5) is 16.2. The van der Waals surface area contributed by atoms with Crippen LogP contribution in [0.5, 0.6) is 0 Å². The highest BCUT2D eigenvalue weighted by Gasteiger charge is 2.10. The van der Waals surface area contributed by atoms with Crippen molar-refractivity contribution < 1.29 is 9.18 Å². The van der Waals surface area contributed by atoms with Crippen molar-refractivity contribution in [2.45, 2.75) is 0 Å². The molecule has 2 N–H and O–H groups in total. The summed E-state index contributed by atoms with van der Waals surface area (Å²) in [5, 5.41) is 14.6. The average Bonchev–Trinajstić information content (AvgIpc) is 2.64. The predicted octanol–water partition coefficient (Wildman–Crippen LogP) is 4.09. The Morgan fingerprint density at radius 3 is 2.40 bits per heavy atom. The van der Waals surface area contributed by atoms with Crippen molar-refractivity contribution in [2.24, 2.45) is 0 Å². The summed E-state index contributed by atoms with van der Waals surface area (Å²) < 4.78 is 13.6. The molecule has 0 bridgehead atoms. The van der Waals surface area contributed by atoms with Crippen molar-refractivity contribution in [1.29, 1.82) is 5.26 Å². The van der Waals surface area contributed by atoms with Gasteiger partial charge in [-0.1, -0.05) is 24.3 Å². The number of halogens is 1. The van der Waals surface area contributed by atoms with E-state index in [9.17, 15) is 9.18 Å². The molecule has 0 atom stereocenters. The van der Waals surface area contributed by atoms with Gasteiger partial charge < -0.3 is 10.6 Å². The summed E-state index contributed by atoms with van der Waals surface area (Å²) in [5.41, 5.74) is 2.03. The molecule has 0 radical (unpaired) electrons. The Labute approximate surface area is 143 Å². The fourth-order valence-electron chi connectivity index (χ4n) is 2.20. The summed E-state index contributed by atoms with van der Waals surface area (Å²) in [6, 6.07) is 18.3. The smallest absolute Gasteiger partial charge is 0.274 e. The van der Waals surface area contributed by atoms with Gasteiger partial charge in [0.2, 0.25) is 0 Å². The van der Waals surface area contributed by atoms with Crippen molar-refractivity contribution in [3.05, 3.63) is 83.9 Å². The van der Waals surface area contributed by atoms with E-state index >= 15 is 0 Å². The fraction of sp³-hybridized carbons (Fsp3) is 0. The molecule has 122 valence electrons. The number of rotatable bonds is 4. The van der Waals surface area contributed by atoms with Crippen LogP contribution in [-0.2, 0) is 0 Å². The maximum atomic E-state index is 13.6. The van der Waals surface area contributed by atoms with Crippen LogP contribution in [0.25, 0.3) is 0 Å². The molecule has 0 saturated carbocycles. The molecule has 6 heteroatoms. The number of carbonyl (C=O) groups excluding carboxylic acids is 1. The largest absolute Gasteiger partial charge is 0.353 e. The van der Waals surface area contributed by atoms with Gasteiger partial charge in [0.1, 0.15) is 17.6 Å². The van der Waals surface area contributed by atoms with E-state index < -0.39 is 11.7 Å². The average molecular weight is 332 g/mol. The zero-order chi connectivity index (χ0) is 17.6. The molecule has 3 rings (SSSR count). The van der Waals surface area contributed by atoms with Gasteiger partial charge in [-0.05, 0) is 36.4 Å². The van der Waals surface area contributed by atoms with Crippen molar-refractivity contribution in [1.82, 2.24) is 4.98 Å². The molecule has 1 heterocycles. The number of amides is 1. The molecule has 1 aromatic heterocycles. The minimum atomic E-state index is -0.512. The zero-order valence-corrected chi connectivity index (χ0v) is 13.0. The molecule has 0 fully saturated rings. The van der Waals surface area contributed by atoms with Crippen LogP contribution in [0.2, 0.25) is 0 Å². The van der Waals surface area contributed by atoms with Crippen LogP contribution < -0.4 is 10.6 Å². The second kappa shape index (κ2) is 7.23. The SMILES string of the molecule is N#Cc1ccccc1Nc1ccc(C(=O)Nc2ccccc2F)nc1. The number of para-hydroxylation sites is 2. The molecule has 1 amide bonds. The maximum Gasteiger partial charge on any atom is 0.274 e. The van der Waals surface area contributed by atoms with Crippen LogP contribution in [0.3, 0.4) is 0 Å². The van der Waals surface area contributed by atoms with Crippen molar-refractivity contribution in [3.63, 3.8) is 0 Å². The number of anilines is 3. The normalized spacial score (nSPS) is 9.92. The molecule has 5 nitrogen and oxygen atoms in total. The molecule has 25 heavy (non-hydrogen) atoms. The minimum absolute atomic E-state index is 0.0967. The van der Waals surface area contributed by atoms with Gasteiger partial charge in [-0.3, -0.25) is 4.79 Å². The quantitative estimate of drug-likeness (QED) is 0.754. The molecule has 0 aliphatic heterocycles. The van der Waals surface area contributed by atoms with Crippen LogP contribution >= 0.6 is 0 Å². The van der Waals surface area contributed by atoms with Gasteiger partial charge in [0.25, 0.3) is 5.91 Å². The van der Waals surface area contributed by atoms with Crippen LogP contribution in [-0.4, -0.2) is 10.9 Å². The number of hydrogen-bond acceptors (Lipinski definition) is 4. The first-order chi connectivity index (χ1) is 12.2. The van der Waals surface area contributed by atoms with E-state index in [1.54, 1.807) is 36.4 Å². The maximum absolute atomic E-state index is 13.6. The first kappa shape index (κ1) is 16.1. The summed E-state index contributed by atoms with van der Waals surface area (Å²) in [5.74, 6) is -1.02. The number of hydrogen-bond donors (Lipinski definition) is 2. The molecule has 3 aromatic rings. The lowest BCUT2D eigenvalue weighted by atomic mass is 10.2. The Balaban J connectivity index is 1.73. The van der Waals surface area contributed by atoms with Crippen LogP contribution in [0.4, 0.5) is 21.5 Å². The first-order valence-corrected chi connectivity index (χ1v) is 7.45. The number of nitrogens with zero attached hydrogens (tertiary/aromatic N) is 2. The molecular weight excluding hydrogens is 319 g/mol. The van der Waals surface area contributed by atoms with E-state index in [1.807, 2.05) is 6.07 Å². The lowest BCUT2D eigenvalue weighted by molar-refractivity contribution is 0.102. The van der Waals surface area contributed by atoms with Gasteiger partial charge in [-0.15, -0.1) is 0 Å². The third-order valence-electron chi connectivity index (χ3n) is 3.44. The second-order valence-corrected chi connectivity index (χ2v) is 5.15. The molecule has 2 aromatic carbocycles. The molecule has 0 spiro atoms. The number of nitriles is 1. The Kier molecular flexibility index (Phi) is 4.67. The molecule has 0 saturated heterocycles. The summed E-state index contributed by atoms with van der Waals surface area (Å²) in [7, 11) is 0. The van der Waals surface area contributed by atoms with Crippen LogP contribution in [0.1, 0.15) is 16.1 Å². The third-order valence-corrected chi connectivity index (χ3v) is 3.44. The van der Waals surface area contributed by atoms with Crippen LogP contribution in [0, 0.1) is 17.1 Å². The number of pyridine rings is 1. The Hall–Kier alpha value is -3.72. The van der Waals surface area contributed by atoms with Crippen molar-refractivity contribution in [3.8, 4) is 6.07 Å². The van der Waals surface area contributed by atoms with Crippen molar-refractivity contribution >= 4 is 23.0 Å². The highest BCUT2D eigenvalue weighted by atomic mass is 19.1. The van der Waals surface area contributed by atoms with Gasteiger partial charge in [0, 0.05) is 0 Å². The van der Waals surface area contributed by atoms with Gasteiger partial charge >= 0.3 is 0 Å².